The molecule has 1 heterocycles. The van der Waals surface area contributed by atoms with Crippen molar-refractivity contribution in [3.63, 3.8) is 0 Å². The largest absolute Gasteiger partial charge is 0.378 e. The molecule has 0 radical (unpaired) electrons. The van der Waals surface area contributed by atoms with Gasteiger partial charge in [0.2, 0.25) is 11.8 Å². The first-order chi connectivity index (χ1) is 16.8. The summed E-state index contributed by atoms with van der Waals surface area (Å²) < 4.78 is 30.7. The van der Waals surface area contributed by atoms with Gasteiger partial charge in [0, 0.05) is 24.9 Å². The molecule has 0 aromatic heterocycles. The average Bonchev–Trinajstić information content (AvgIpc) is 2.88. The number of ether oxygens (including phenoxy) is 1. The first kappa shape index (κ1) is 26.6. The number of carbonyl (C=O) groups is 2. The maximum absolute atomic E-state index is 13.0. The summed E-state index contributed by atoms with van der Waals surface area (Å²) in [7, 11) is -3.67. The molecule has 0 aliphatic carbocycles. The summed E-state index contributed by atoms with van der Waals surface area (Å²) in [5, 5.41) is 3.98. The van der Waals surface area contributed by atoms with Crippen molar-refractivity contribution in [1.29, 1.82) is 0 Å². The number of amides is 2. The summed E-state index contributed by atoms with van der Waals surface area (Å²) in [6.45, 7) is 3.85. The summed E-state index contributed by atoms with van der Waals surface area (Å²) in [5.41, 5.74) is 7.14. The SMILES string of the molecule is CC(CC(=O)N1CCOCC1)[C@H](N)C(=O)N[C@H](/C=C/S(=O)(=O)c1ccccc1)Cc1ccccc1. The minimum atomic E-state index is -3.67. The highest BCUT2D eigenvalue weighted by Gasteiger charge is 2.27. The molecule has 0 bridgehead atoms. The molecule has 1 saturated heterocycles. The molecule has 0 saturated carbocycles. The Hall–Kier alpha value is -3.01. The van der Waals surface area contributed by atoms with Gasteiger partial charge in [-0.15, -0.1) is 0 Å². The predicted octanol–water partition coefficient (Wildman–Crippen LogP) is 1.91. The van der Waals surface area contributed by atoms with Crippen molar-refractivity contribution in [2.75, 3.05) is 26.3 Å². The van der Waals surface area contributed by atoms with Crippen LogP contribution in [0.15, 0.2) is 77.0 Å². The summed E-state index contributed by atoms with van der Waals surface area (Å²) in [6, 6.07) is 16.0. The Labute approximate surface area is 207 Å². The molecule has 1 aliphatic heterocycles. The molecule has 2 aromatic rings. The zero-order chi connectivity index (χ0) is 25.3. The second kappa shape index (κ2) is 12.6. The van der Waals surface area contributed by atoms with E-state index in [4.69, 9.17) is 10.5 Å². The number of rotatable bonds is 10. The van der Waals surface area contributed by atoms with E-state index in [-0.39, 0.29) is 23.1 Å². The van der Waals surface area contributed by atoms with E-state index in [1.165, 1.54) is 18.2 Å². The van der Waals surface area contributed by atoms with Gasteiger partial charge in [0.05, 0.1) is 30.2 Å². The van der Waals surface area contributed by atoms with Crippen LogP contribution in [0, 0.1) is 5.92 Å². The van der Waals surface area contributed by atoms with Crippen molar-refractivity contribution in [1.82, 2.24) is 10.2 Å². The maximum atomic E-state index is 13.0. The fourth-order valence-electron chi connectivity index (χ4n) is 3.80. The van der Waals surface area contributed by atoms with Crippen LogP contribution in [0.2, 0.25) is 0 Å². The second-order valence-electron chi connectivity index (χ2n) is 8.69. The van der Waals surface area contributed by atoms with E-state index >= 15 is 0 Å². The Morgan fingerprint density at radius 2 is 1.66 bits per heavy atom. The third kappa shape index (κ3) is 8.02. The third-order valence-electron chi connectivity index (χ3n) is 5.96. The van der Waals surface area contributed by atoms with Gasteiger partial charge < -0.3 is 20.7 Å². The van der Waals surface area contributed by atoms with E-state index in [2.05, 4.69) is 5.32 Å². The number of hydrogen-bond acceptors (Lipinski definition) is 6. The zero-order valence-electron chi connectivity index (χ0n) is 19.9. The van der Waals surface area contributed by atoms with Crippen molar-refractivity contribution in [2.45, 2.75) is 36.7 Å². The number of carbonyl (C=O) groups excluding carboxylic acids is 2. The molecule has 3 atom stereocenters. The highest BCUT2D eigenvalue weighted by molar-refractivity contribution is 7.94. The Bertz CT molecular complexity index is 1100. The monoisotopic (exact) mass is 499 g/mol. The molecule has 3 rings (SSSR count). The van der Waals surface area contributed by atoms with E-state index in [0.29, 0.717) is 32.7 Å². The lowest BCUT2D eigenvalue weighted by molar-refractivity contribution is -0.136. The van der Waals surface area contributed by atoms with Crippen LogP contribution in [-0.2, 0) is 30.6 Å². The van der Waals surface area contributed by atoms with Crippen molar-refractivity contribution in [2.24, 2.45) is 11.7 Å². The average molecular weight is 500 g/mol. The Morgan fingerprint density at radius 1 is 1.06 bits per heavy atom. The lowest BCUT2D eigenvalue weighted by atomic mass is 9.96. The maximum Gasteiger partial charge on any atom is 0.237 e. The van der Waals surface area contributed by atoms with Crippen LogP contribution in [0.1, 0.15) is 18.9 Å². The van der Waals surface area contributed by atoms with Gasteiger partial charge in [0.15, 0.2) is 9.84 Å². The highest BCUT2D eigenvalue weighted by atomic mass is 32.2. The smallest absolute Gasteiger partial charge is 0.237 e. The highest BCUT2D eigenvalue weighted by Crippen LogP contribution is 2.14. The number of morpholine rings is 1. The fraction of sp³-hybridized carbons (Fsp3) is 0.385. The summed E-state index contributed by atoms with van der Waals surface area (Å²) in [4.78, 5) is 27.4. The Morgan fingerprint density at radius 3 is 2.29 bits per heavy atom. The summed E-state index contributed by atoms with van der Waals surface area (Å²) in [5.74, 6) is -0.881. The van der Waals surface area contributed by atoms with Gasteiger partial charge in [-0.1, -0.05) is 61.5 Å². The number of nitrogens with zero attached hydrogens (tertiary/aromatic N) is 1. The van der Waals surface area contributed by atoms with E-state index < -0.39 is 27.8 Å². The van der Waals surface area contributed by atoms with E-state index in [9.17, 15) is 18.0 Å². The van der Waals surface area contributed by atoms with Crippen LogP contribution in [0.4, 0.5) is 0 Å². The molecule has 188 valence electrons. The normalized spacial score (nSPS) is 17.0. The number of hydrogen-bond donors (Lipinski definition) is 2. The molecule has 9 heteroatoms. The van der Waals surface area contributed by atoms with Crippen LogP contribution in [-0.4, -0.2) is 63.5 Å². The minimum absolute atomic E-state index is 0.0567. The predicted molar refractivity (Wildman–Crippen MR) is 134 cm³/mol. The topological polar surface area (TPSA) is 119 Å². The molecular formula is C26H33N3O5S. The van der Waals surface area contributed by atoms with Crippen LogP contribution in [0.25, 0.3) is 0 Å². The quantitative estimate of drug-likeness (QED) is 0.516. The van der Waals surface area contributed by atoms with E-state index in [0.717, 1.165) is 11.0 Å². The van der Waals surface area contributed by atoms with Crippen LogP contribution in [0.5, 0.6) is 0 Å². The van der Waals surface area contributed by atoms with Gasteiger partial charge in [-0.3, -0.25) is 9.59 Å². The molecule has 35 heavy (non-hydrogen) atoms. The van der Waals surface area contributed by atoms with Gasteiger partial charge in [-0.05, 0) is 30.0 Å². The molecule has 8 nitrogen and oxygen atoms in total. The zero-order valence-corrected chi connectivity index (χ0v) is 20.7. The molecule has 0 spiro atoms. The van der Waals surface area contributed by atoms with Crippen molar-refractivity contribution in [3.05, 3.63) is 77.7 Å². The van der Waals surface area contributed by atoms with Crippen LogP contribution >= 0.6 is 0 Å². The van der Waals surface area contributed by atoms with Gasteiger partial charge >= 0.3 is 0 Å². The number of benzene rings is 2. The fourth-order valence-corrected chi connectivity index (χ4v) is 4.89. The molecule has 3 N–H and O–H groups in total. The van der Waals surface area contributed by atoms with Gasteiger partial charge in [-0.25, -0.2) is 8.42 Å². The first-order valence-corrected chi connectivity index (χ1v) is 13.2. The lowest BCUT2D eigenvalue weighted by Crippen LogP contribution is -2.50. The van der Waals surface area contributed by atoms with Crippen molar-refractivity contribution >= 4 is 21.7 Å². The Kier molecular flexibility index (Phi) is 9.59. The standard InChI is InChI=1S/C26H33N3O5S/c1-20(18-24(30)29-13-15-34-16-14-29)25(27)26(31)28-22(19-21-8-4-2-5-9-21)12-17-35(32,33)23-10-6-3-7-11-23/h2-12,17,20,22,25H,13-16,18-19,27H2,1H3,(H,28,31)/b17-12+/t20?,22-,25+/m1/s1. The van der Waals surface area contributed by atoms with Gasteiger partial charge in [0.25, 0.3) is 0 Å². The second-order valence-corrected chi connectivity index (χ2v) is 10.5. The lowest BCUT2D eigenvalue weighted by Gasteiger charge is -2.29. The molecule has 1 aliphatic rings. The molecular weight excluding hydrogens is 466 g/mol. The summed E-state index contributed by atoms with van der Waals surface area (Å²) in [6.07, 6.45) is 2.01. The number of sulfone groups is 1. The number of nitrogens with two attached hydrogens (primary N) is 1. The van der Waals surface area contributed by atoms with Gasteiger partial charge in [-0.2, -0.15) is 0 Å². The molecule has 2 aromatic carbocycles. The number of nitrogens with one attached hydrogen (secondary N) is 1. The van der Waals surface area contributed by atoms with E-state index in [1.54, 1.807) is 30.0 Å². The van der Waals surface area contributed by atoms with E-state index in [1.807, 2.05) is 30.3 Å². The third-order valence-corrected chi connectivity index (χ3v) is 7.41. The van der Waals surface area contributed by atoms with Crippen molar-refractivity contribution < 1.29 is 22.7 Å². The molecule has 2 amide bonds. The summed E-state index contributed by atoms with van der Waals surface area (Å²) >= 11 is 0. The van der Waals surface area contributed by atoms with Gasteiger partial charge in [0.1, 0.15) is 0 Å². The molecule has 1 fully saturated rings. The minimum Gasteiger partial charge on any atom is -0.378 e. The van der Waals surface area contributed by atoms with Crippen LogP contribution < -0.4 is 11.1 Å². The first-order valence-electron chi connectivity index (χ1n) is 11.7. The van der Waals surface area contributed by atoms with Crippen LogP contribution in [0.3, 0.4) is 0 Å². The Balaban J connectivity index is 1.68. The molecule has 1 unspecified atom stereocenters. The van der Waals surface area contributed by atoms with Crippen molar-refractivity contribution in [3.8, 4) is 0 Å².